The number of aryl methyl sites for hydroxylation is 1. The third-order valence-corrected chi connectivity index (χ3v) is 4.30. The molecule has 0 N–H and O–H groups in total. The summed E-state index contributed by atoms with van der Waals surface area (Å²) >= 11 is 0. The molecule has 0 unspecified atom stereocenters. The van der Waals surface area contributed by atoms with Gasteiger partial charge in [0.15, 0.2) is 0 Å². The number of aromatic nitrogens is 2. The van der Waals surface area contributed by atoms with Crippen LogP contribution < -0.4 is 0 Å². The van der Waals surface area contributed by atoms with Crippen LogP contribution in [0, 0.1) is 0 Å². The van der Waals surface area contributed by atoms with E-state index >= 15 is 0 Å². The fraction of sp³-hybridized carbons (Fsp3) is 0.588. The lowest BCUT2D eigenvalue weighted by atomic mass is 10.1. The van der Waals surface area contributed by atoms with Gasteiger partial charge < -0.3 is 9.47 Å². The molecule has 3 rings (SSSR count). The summed E-state index contributed by atoms with van der Waals surface area (Å²) in [5, 5.41) is 0. The van der Waals surface area contributed by atoms with Gasteiger partial charge in [0.05, 0.1) is 11.0 Å². The van der Waals surface area contributed by atoms with Gasteiger partial charge in [0, 0.05) is 19.5 Å². The predicted molar refractivity (Wildman–Crippen MR) is 84.0 cm³/mol. The van der Waals surface area contributed by atoms with E-state index in [0.717, 1.165) is 31.4 Å². The van der Waals surface area contributed by atoms with Crippen LogP contribution in [0.3, 0.4) is 0 Å². The number of para-hydroxylation sites is 2. The predicted octanol–water partition coefficient (Wildman–Crippen LogP) is 3.47. The number of imidazole rings is 1. The monoisotopic (exact) mass is 271 g/mol. The quantitative estimate of drug-likeness (QED) is 0.830. The lowest BCUT2D eigenvalue weighted by molar-refractivity contribution is 0.221. The fourth-order valence-electron chi connectivity index (χ4n) is 3.21. The van der Waals surface area contributed by atoms with Crippen LogP contribution >= 0.6 is 0 Å². The van der Waals surface area contributed by atoms with Crippen LogP contribution in [-0.2, 0) is 13.0 Å². The largest absolute Gasteiger partial charge is 0.327 e. The highest BCUT2D eigenvalue weighted by Gasteiger charge is 2.13. The van der Waals surface area contributed by atoms with Crippen molar-refractivity contribution in [2.45, 2.75) is 45.6 Å². The average Bonchev–Trinajstić information content (AvgIpc) is 2.84. The molecule has 0 atom stereocenters. The van der Waals surface area contributed by atoms with Gasteiger partial charge in [0.25, 0.3) is 0 Å². The van der Waals surface area contributed by atoms with E-state index in [9.17, 15) is 0 Å². The Labute approximate surface area is 121 Å². The van der Waals surface area contributed by atoms with Crippen molar-refractivity contribution in [1.82, 2.24) is 14.5 Å². The highest BCUT2D eigenvalue weighted by molar-refractivity contribution is 5.75. The molecule has 2 heterocycles. The third kappa shape index (κ3) is 2.88. The summed E-state index contributed by atoms with van der Waals surface area (Å²) in [6, 6.07) is 8.54. The maximum Gasteiger partial charge on any atom is 0.109 e. The summed E-state index contributed by atoms with van der Waals surface area (Å²) in [4.78, 5) is 7.42. The third-order valence-electron chi connectivity index (χ3n) is 4.30. The maximum absolute atomic E-state index is 4.81. The second kappa shape index (κ2) is 6.40. The molecule has 1 saturated heterocycles. The normalized spacial score (nSPS) is 16.9. The Balaban J connectivity index is 1.79. The molecule has 0 amide bonds. The molecule has 1 aliphatic rings. The van der Waals surface area contributed by atoms with Gasteiger partial charge in [0.2, 0.25) is 0 Å². The zero-order valence-electron chi connectivity index (χ0n) is 12.5. The van der Waals surface area contributed by atoms with Crippen LogP contribution in [0.15, 0.2) is 24.3 Å². The molecule has 0 aliphatic carbocycles. The number of nitrogens with zero attached hydrogens (tertiary/aromatic N) is 3. The summed E-state index contributed by atoms with van der Waals surface area (Å²) in [5.41, 5.74) is 2.45. The molecule has 3 heteroatoms. The summed E-state index contributed by atoms with van der Waals surface area (Å²) in [7, 11) is 0. The van der Waals surface area contributed by atoms with Gasteiger partial charge in [-0.25, -0.2) is 4.98 Å². The lowest BCUT2D eigenvalue weighted by Gasteiger charge is -2.26. The van der Waals surface area contributed by atoms with E-state index in [4.69, 9.17) is 4.98 Å². The molecule has 0 bridgehead atoms. The standard InChI is InChI=1S/C17H25N3/c1-2-8-17-18-15-9-4-5-10-16(15)20(17)14-13-19-11-6-3-7-12-19/h4-5,9-10H,2-3,6-8,11-14H2,1H3. The molecule has 108 valence electrons. The molecule has 3 nitrogen and oxygen atoms in total. The molecule has 0 saturated carbocycles. The maximum atomic E-state index is 4.81. The second-order valence-corrected chi connectivity index (χ2v) is 5.82. The Hall–Kier alpha value is -1.35. The van der Waals surface area contributed by atoms with E-state index < -0.39 is 0 Å². The van der Waals surface area contributed by atoms with Crippen molar-refractivity contribution in [3.05, 3.63) is 30.1 Å². The fourth-order valence-corrected chi connectivity index (χ4v) is 3.21. The minimum atomic E-state index is 1.08. The van der Waals surface area contributed by atoms with Crippen LogP contribution in [0.2, 0.25) is 0 Å². The average molecular weight is 271 g/mol. The minimum absolute atomic E-state index is 1.08. The van der Waals surface area contributed by atoms with Gasteiger partial charge >= 0.3 is 0 Å². The highest BCUT2D eigenvalue weighted by atomic mass is 15.2. The smallest absolute Gasteiger partial charge is 0.109 e. The Morgan fingerprint density at radius 2 is 1.85 bits per heavy atom. The first-order valence-corrected chi connectivity index (χ1v) is 8.05. The van der Waals surface area contributed by atoms with Gasteiger partial charge in [-0.1, -0.05) is 25.5 Å². The summed E-state index contributed by atoms with van der Waals surface area (Å²) in [6.45, 7) is 7.02. The van der Waals surface area contributed by atoms with Crippen molar-refractivity contribution in [2.75, 3.05) is 19.6 Å². The van der Waals surface area contributed by atoms with Gasteiger partial charge in [-0.15, -0.1) is 0 Å². The highest BCUT2D eigenvalue weighted by Crippen LogP contribution is 2.18. The molecule has 1 aliphatic heterocycles. The second-order valence-electron chi connectivity index (χ2n) is 5.82. The Morgan fingerprint density at radius 1 is 1.05 bits per heavy atom. The van der Waals surface area contributed by atoms with Crippen molar-refractivity contribution < 1.29 is 0 Å². The molecule has 2 aromatic rings. The van der Waals surface area contributed by atoms with Gasteiger partial charge in [-0.3, -0.25) is 0 Å². The molecular formula is C17H25N3. The van der Waals surface area contributed by atoms with Gasteiger partial charge in [-0.05, 0) is 44.5 Å². The van der Waals surface area contributed by atoms with Crippen molar-refractivity contribution in [1.29, 1.82) is 0 Å². The summed E-state index contributed by atoms with van der Waals surface area (Å²) < 4.78 is 2.44. The summed E-state index contributed by atoms with van der Waals surface area (Å²) in [6.07, 6.45) is 6.38. The van der Waals surface area contributed by atoms with E-state index in [2.05, 4.69) is 40.7 Å². The van der Waals surface area contributed by atoms with Gasteiger partial charge in [-0.2, -0.15) is 0 Å². The molecular weight excluding hydrogens is 246 g/mol. The minimum Gasteiger partial charge on any atom is -0.327 e. The number of hydrogen-bond acceptors (Lipinski definition) is 2. The zero-order valence-corrected chi connectivity index (χ0v) is 12.5. The molecule has 0 spiro atoms. The molecule has 20 heavy (non-hydrogen) atoms. The van der Waals surface area contributed by atoms with Crippen molar-refractivity contribution in [2.24, 2.45) is 0 Å². The molecule has 1 aromatic heterocycles. The molecule has 1 aromatic carbocycles. The van der Waals surface area contributed by atoms with Crippen molar-refractivity contribution >= 4 is 11.0 Å². The van der Waals surface area contributed by atoms with Crippen LogP contribution in [0.25, 0.3) is 11.0 Å². The van der Waals surface area contributed by atoms with E-state index in [1.807, 2.05) is 0 Å². The van der Waals surface area contributed by atoms with E-state index in [1.54, 1.807) is 0 Å². The first-order valence-electron chi connectivity index (χ1n) is 8.05. The van der Waals surface area contributed by atoms with Crippen LogP contribution in [0.1, 0.15) is 38.4 Å². The Bertz CT molecular complexity index is 552. The number of benzene rings is 1. The lowest BCUT2D eigenvalue weighted by Crippen LogP contribution is -2.32. The zero-order chi connectivity index (χ0) is 13.8. The summed E-state index contributed by atoms with van der Waals surface area (Å²) in [5.74, 6) is 1.26. The SMILES string of the molecule is CCCc1nc2ccccc2n1CCN1CCCCC1. The number of likely N-dealkylation sites (tertiary alicyclic amines) is 1. The van der Waals surface area contributed by atoms with E-state index in [0.29, 0.717) is 0 Å². The number of rotatable bonds is 5. The topological polar surface area (TPSA) is 21.1 Å². The van der Waals surface area contributed by atoms with Gasteiger partial charge in [0.1, 0.15) is 5.82 Å². The van der Waals surface area contributed by atoms with Crippen LogP contribution in [-0.4, -0.2) is 34.1 Å². The number of piperidine rings is 1. The van der Waals surface area contributed by atoms with E-state index in [-0.39, 0.29) is 0 Å². The van der Waals surface area contributed by atoms with E-state index in [1.165, 1.54) is 43.7 Å². The van der Waals surface area contributed by atoms with Crippen molar-refractivity contribution in [3.8, 4) is 0 Å². The first-order chi connectivity index (χ1) is 9.88. The van der Waals surface area contributed by atoms with Crippen molar-refractivity contribution in [3.63, 3.8) is 0 Å². The Morgan fingerprint density at radius 3 is 2.65 bits per heavy atom. The molecule has 0 radical (unpaired) electrons. The van der Waals surface area contributed by atoms with Crippen LogP contribution in [0.5, 0.6) is 0 Å². The Kier molecular flexibility index (Phi) is 4.36. The number of fused-ring (bicyclic) bond motifs is 1. The first kappa shape index (κ1) is 13.6. The molecule has 1 fully saturated rings. The number of hydrogen-bond donors (Lipinski definition) is 0. The van der Waals surface area contributed by atoms with Crippen LogP contribution in [0.4, 0.5) is 0 Å².